The van der Waals surface area contributed by atoms with Crippen LogP contribution in [0.4, 0.5) is 5.00 Å². The minimum atomic E-state index is -0.140. The predicted molar refractivity (Wildman–Crippen MR) is 92.9 cm³/mol. The van der Waals surface area contributed by atoms with E-state index in [4.69, 9.17) is 9.47 Å². The molecule has 0 saturated heterocycles. The Morgan fingerprint density at radius 3 is 2.79 bits per heavy atom. The van der Waals surface area contributed by atoms with Gasteiger partial charge in [-0.3, -0.25) is 4.79 Å². The maximum Gasteiger partial charge on any atom is 0.229 e. The average molecular weight is 342 g/mol. The van der Waals surface area contributed by atoms with Crippen LogP contribution in [0.5, 0.6) is 11.5 Å². The normalized spacial score (nSPS) is 12.4. The highest BCUT2D eigenvalue weighted by Gasteiger charge is 2.23. The van der Waals surface area contributed by atoms with Gasteiger partial charge in [0.05, 0.1) is 26.2 Å². The Kier molecular flexibility index (Phi) is 4.72. The van der Waals surface area contributed by atoms with Crippen molar-refractivity contribution in [1.29, 1.82) is 5.26 Å². The zero-order chi connectivity index (χ0) is 17.1. The number of methoxy groups -OCH3 is 2. The van der Waals surface area contributed by atoms with Gasteiger partial charge in [0.15, 0.2) is 11.5 Å². The molecule has 5 nitrogen and oxygen atoms in total. The monoisotopic (exact) mass is 342 g/mol. The van der Waals surface area contributed by atoms with E-state index >= 15 is 0 Å². The number of benzene rings is 1. The number of nitrogens with zero attached hydrogens (tertiary/aromatic N) is 1. The largest absolute Gasteiger partial charge is 0.493 e. The fourth-order valence-corrected chi connectivity index (χ4v) is 4.21. The number of amides is 1. The van der Waals surface area contributed by atoms with E-state index < -0.39 is 0 Å². The summed E-state index contributed by atoms with van der Waals surface area (Å²) >= 11 is 1.53. The number of carbonyl (C=O) groups is 1. The van der Waals surface area contributed by atoms with Crippen molar-refractivity contribution in [2.75, 3.05) is 19.5 Å². The van der Waals surface area contributed by atoms with Crippen molar-refractivity contribution in [3.8, 4) is 17.6 Å². The Morgan fingerprint density at radius 2 is 2.08 bits per heavy atom. The molecule has 1 aliphatic rings. The number of nitrogens with one attached hydrogen (secondary N) is 1. The molecule has 3 rings (SSSR count). The van der Waals surface area contributed by atoms with Crippen LogP contribution >= 0.6 is 11.3 Å². The molecule has 2 aromatic rings. The molecule has 0 atom stereocenters. The van der Waals surface area contributed by atoms with Gasteiger partial charge in [-0.1, -0.05) is 6.07 Å². The van der Waals surface area contributed by atoms with Crippen molar-refractivity contribution < 1.29 is 14.3 Å². The van der Waals surface area contributed by atoms with Gasteiger partial charge in [-0.05, 0) is 42.5 Å². The summed E-state index contributed by atoms with van der Waals surface area (Å²) < 4.78 is 10.5. The Labute approximate surface area is 144 Å². The van der Waals surface area contributed by atoms with Gasteiger partial charge in [0.2, 0.25) is 5.91 Å². The first kappa shape index (κ1) is 16.3. The second kappa shape index (κ2) is 6.93. The van der Waals surface area contributed by atoms with Gasteiger partial charge in [-0.25, -0.2) is 0 Å². The van der Waals surface area contributed by atoms with E-state index in [1.165, 1.54) is 16.2 Å². The topological polar surface area (TPSA) is 71.3 Å². The number of rotatable bonds is 5. The lowest BCUT2D eigenvalue weighted by molar-refractivity contribution is -0.115. The number of aryl methyl sites for hydroxylation is 1. The van der Waals surface area contributed by atoms with Crippen LogP contribution in [-0.4, -0.2) is 20.1 Å². The zero-order valence-electron chi connectivity index (χ0n) is 13.6. The zero-order valence-corrected chi connectivity index (χ0v) is 14.5. The summed E-state index contributed by atoms with van der Waals surface area (Å²) in [6.45, 7) is 0. The predicted octanol–water partition coefficient (Wildman–Crippen LogP) is 3.31. The summed E-state index contributed by atoms with van der Waals surface area (Å²) in [5.74, 6) is 1.08. The SMILES string of the molecule is COc1ccc(CC(=O)Nc2sc3c(c2C#N)CCC3)cc1OC. The molecule has 1 N–H and O–H groups in total. The first-order valence-corrected chi connectivity index (χ1v) is 8.53. The third kappa shape index (κ3) is 3.08. The second-order valence-corrected chi connectivity index (χ2v) is 6.69. The third-order valence-electron chi connectivity index (χ3n) is 4.10. The van der Waals surface area contributed by atoms with E-state index in [-0.39, 0.29) is 12.3 Å². The third-order valence-corrected chi connectivity index (χ3v) is 5.31. The molecular formula is C18H18N2O3S. The molecule has 24 heavy (non-hydrogen) atoms. The van der Waals surface area contributed by atoms with Gasteiger partial charge in [0.1, 0.15) is 11.1 Å². The molecule has 1 heterocycles. The van der Waals surface area contributed by atoms with Crippen molar-refractivity contribution in [3.05, 3.63) is 39.8 Å². The van der Waals surface area contributed by atoms with Crippen LogP contribution < -0.4 is 14.8 Å². The second-order valence-electron chi connectivity index (χ2n) is 5.59. The van der Waals surface area contributed by atoms with Crippen molar-refractivity contribution in [2.24, 2.45) is 0 Å². The Balaban J connectivity index is 1.74. The van der Waals surface area contributed by atoms with Crippen molar-refractivity contribution in [1.82, 2.24) is 0 Å². The number of nitriles is 1. The molecule has 1 amide bonds. The molecule has 6 heteroatoms. The summed E-state index contributed by atoms with van der Waals surface area (Å²) in [6, 6.07) is 7.64. The van der Waals surface area contributed by atoms with E-state index in [2.05, 4.69) is 11.4 Å². The molecule has 0 spiro atoms. The molecule has 0 radical (unpaired) electrons. The number of ether oxygens (including phenoxy) is 2. The van der Waals surface area contributed by atoms with Gasteiger partial charge in [0, 0.05) is 4.88 Å². The number of carbonyl (C=O) groups excluding carboxylic acids is 1. The van der Waals surface area contributed by atoms with Crippen molar-refractivity contribution in [2.45, 2.75) is 25.7 Å². The minimum Gasteiger partial charge on any atom is -0.493 e. The summed E-state index contributed by atoms with van der Waals surface area (Å²) in [5, 5.41) is 12.9. The number of hydrogen-bond acceptors (Lipinski definition) is 5. The molecule has 0 saturated carbocycles. The van der Waals surface area contributed by atoms with Crippen LogP contribution in [0, 0.1) is 11.3 Å². The molecule has 0 bridgehead atoms. The van der Waals surface area contributed by atoms with Crippen LogP contribution in [0.25, 0.3) is 0 Å². The van der Waals surface area contributed by atoms with Gasteiger partial charge in [0.25, 0.3) is 0 Å². The standard InChI is InChI=1S/C18H18N2O3S/c1-22-14-7-6-11(8-15(14)23-2)9-17(21)20-18-13(10-19)12-4-3-5-16(12)24-18/h6-8H,3-5,9H2,1-2H3,(H,20,21). The van der Waals surface area contributed by atoms with Crippen LogP contribution in [0.15, 0.2) is 18.2 Å². The number of hydrogen-bond donors (Lipinski definition) is 1. The molecule has 0 aliphatic heterocycles. The molecule has 1 aromatic carbocycles. The minimum absolute atomic E-state index is 0.140. The van der Waals surface area contributed by atoms with Gasteiger partial charge in [-0.15, -0.1) is 11.3 Å². The number of fused-ring (bicyclic) bond motifs is 1. The summed E-state index contributed by atoms with van der Waals surface area (Å²) in [6.07, 6.45) is 3.24. The fraction of sp³-hybridized carbons (Fsp3) is 0.333. The van der Waals surface area contributed by atoms with E-state index in [1.807, 2.05) is 6.07 Å². The van der Waals surface area contributed by atoms with Gasteiger partial charge < -0.3 is 14.8 Å². The van der Waals surface area contributed by atoms with Crippen LogP contribution in [0.1, 0.15) is 28.0 Å². The summed E-state index contributed by atoms with van der Waals surface area (Å²) in [7, 11) is 3.14. The lowest BCUT2D eigenvalue weighted by atomic mass is 10.1. The van der Waals surface area contributed by atoms with E-state index in [1.54, 1.807) is 26.4 Å². The van der Waals surface area contributed by atoms with Gasteiger partial charge in [-0.2, -0.15) is 5.26 Å². The maximum absolute atomic E-state index is 12.3. The van der Waals surface area contributed by atoms with Crippen molar-refractivity contribution >= 4 is 22.2 Å². The summed E-state index contributed by atoms with van der Waals surface area (Å²) in [5.41, 5.74) is 2.57. The molecule has 0 fully saturated rings. The molecule has 1 aliphatic carbocycles. The lowest BCUT2D eigenvalue weighted by Crippen LogP contribution is -2.14. The summed E-state index contributed by atoms with van der Waals surface area (Å²) in [4.78, 5) is 13.6. The first-order chi connectivity index (χ1) is 11.7. The van der Waals surface area contributed by atoms with Crippen LogP contribution in [0.2, 0.25) is 0 Å². The van der Waals surface area contributed by atoms with Crippen molar-refractivity contribution in [3.63, 3.8) is 0 Å². The first-order valence-electron chi connectivity index (χ1n) is 7.71. The Hall–Kier alpha value is -2.52. The number of anilines is 1. The van der Waals surface area contributed by atoms with Crippen LogP contribution in [-0.2, 0) is 24.1 Å². The highest BCUT2D eigenvalue weighted by molar-refractivity contribution is 7.16. The highest BCUT2D eigenvalue weighted by atomic mass is 32.1. The molecule has 124 valence electrons. The average Bonchev–Trinajstić information content (AvgIpc) is 3.15. The molecular weight excluding hydrogens is 324 g/mol. The van der Waals surface area contributed by atoms with E-state index in [9.17, 15) is 10.1 Å². The lowest BCUT2D eigenvalue weighted by Gasteiger charge is -2.09. The fourth-order valence-electron chi connectivity index (χ4n) is 2.96. The Bertz CT molecular complexity index is 820. The van der Waals surface area contributed by atoms with E-state index in [0.29, 0.717) is 22.1 Å². The van der Waals surface area contributed by atoms with Crippen LogP contribution in [0.3, 0.4) is 0 Å². The molecule has 0 unspecified atom stereocenters. The molecule has 1 aromatic heterocycles. The maximum atomic E-state index is 12.3. The quantitative estimate of drug-likeness (QED) is 0.905. The Morgan fingerprint density at radius 1 is 1.29 bits per heavy atom. The smallest absolute Gasteiger partial charge is 0.229 e. The van der Waals surface area contributed by atoms with Gasteiger partial charge >= 0.3 is 0 Å². The number of thiophene rings is 1. The van der Waals surface area contributed by atoms with E-state index in [0.717, 1.165) is 30.4 Å². The highest BCUT2D eigenvalue weighted by Crippen LogP contribution is 2.38.